The first-order valence-corrected chi connectivity index (χ1v) is 6.51. The van der Waals surface area contributed by atoms with E-state index in [1.807, 2.05) is 0 Å². The summed E-state index contributed by atoms with van der Waals surface area (Å²) in [4.78, 5) is 11.8. The zero-order valence-corrected chi connectivity index (χ0v) is 10.8. The molecule has 3 N–H and O–H groups in total. The molecule has 1 aliphatic carbocycles. The second-order valence-corrected chi connectivity index (χ2v) is 5.02. The van der Waals surface area contributed by atoms with Crippen molar-refractivity contribution in [1.29, 1.82) is 0 Å². The van der Waals surface area contributed by atoms with E-state index in [0.29, 0.717) is 10.7 Å². The SMILES string of the molecule is O=C(Nc1ccc(Cl)cc1)NC1CCCC1CO. The third-order valence-electron chi connectivity index (χ3n) is 3.31. The lowest BCUT2D eigenvalue weighted by Gasteiger charge is -2.19. The number of anilines is 1. The van der Waals surface area contributed by atoms with Gasteiger partial charge in [-0.2, -0.15) is 0 Å². The fourth-order valence-corrected chi connectivity index (χ4v) is 2.44. The first-order chi connectivity index (χ1) is 8.69. The summed E-state index contributed by atoms with van der Waals surface area (Å²) in [6, 6.07) is 6.79. The Morgan fingerprint density at radius 3 is 2.72 bits per heavy atom. The molecule has 1 fully saturated rings. The summed E-state index contributed by atoms with van der Waals surface area (Å²) in [6.07, 6.45) is 2.96. The van der Waals surface area contributed by atoms with Crippen molar-refractivity contribution in [3.05, 3.63) is 29.3 Å². The van der Waals surface area contributed by atoms with Gasteiger partial charge in [0.2, 0.25) is 0 Å². The van der Waals surface area contributed by atoms with Gasteiger partial charge in [-0.1, -0.05) is 18.0 Å². The number of hydrogen-bond donors (Lipinski definition) is 3. The summed E-state index contributed by atoms with van der Waals surface area (Å²) in [5.74, 6) is 0.181. The second-order valence-electron chi connectivity index (χ2n) is 4.59. The van der Waals surface area contributed by atoms with Crippen molar-refractivity contribution in [2.75, 3.05) is 11.9 Å². The molecule has 0 bridgehead atoms. The molecule has 5 heteroatoms. The summed E-state index contributed by atoms with van der Waals surface area (Å²) >= 11 is 5.77. The molecule has 0 spiro atoms. The van der Waals surface area contributed by atoms with E-state index in [4.69, 9.17) is 11.6 Å². The molecule has 0 aromatic heterocycles. The van der Waals surface area contributed by atoms with Gasteiger partial charge in [-0.05, 0) is 37.1 Å². The molecule has 0 saturated heterocycles. The molecule has 4 nitrogen and oxygen atoms in total. The molecule has 0 aliphatic heterocycles. The summed E-state index contributed by atoms with van der Waals surface area (Å²) < 4.78 is 0. The summed E-state index contributed by atoms with van der Waals surface area (Å²) in [5, 5.41) is 15.5. The van der Waals surface area contributed by atoms with E-state index in [9.17, 15) is 9.90 Å². The van der Waals surface area contributed by atoms with Crippen molar-refractivity contribution in [2.24, 2.45) is 5.92 Å². The molecule has 1 aromatic carbocycles. The lowest BCUT2D eigenvalue weighted by molar-refractivity contribution is 0.203. The topological polar surface area (TPSA) is 61.4 Å². The van der Waals surface area contributed by atoms with Crippen LogP contribution in [0.15, 0.2) is 24.3 Å². The van der Waals surface area contributed by atoms with Crippen molar-refractivity contribution in [2.45, 2.75) is 25.3 Å². The number of hydrogen-bond acceptors (Lipinski definition) is 2. The maximum Gasteiger partial charge on any atom is 0.319 e. The van der Waals surface area contributed by atoms with Crippen molar-refractivity contribution in [1.82, 2.24) is 5.32 Å². The number of benzene rings is 1. The summed E-state index contributed by atoms with van der Waals surface area (Å²) in [7, 11) is 0. The predicted octanol–water partition coefficient (Wildman–Crippen LogP) is 2.62. The molecule has 1 aliphatic rings. The van der Waals surface area contributed by atoms with Gasteiger partial charge in [-0.15, -0.1) is 0 Å². The first-order valence-electron chi connectivity index (χ1n) is 6.13. The number of aliphatic hydroxyl groups excluding tert-OH is 1. The molecule has 2 atom stereocenters. The number of amides is 2. The third-order valence-corrected chi connectivity index (χ3v) is 3.56. The standard InChI is InChI=1S/C13H17ClN2O2/c14-10-4-6-11(7-5-10)15-13(18)16-12-3-1-2-9(12)8-17/h4-7,9,12,17H,1-3,8H2,(H2,15,16,18). The van der Waals surface area contributed by atoms with Gasteiger partial charge in [-0.3, -0.25) is 0 Å². The van der Waals surface area contributed by atoms with Crippen LogP contribution in [0, 0.1) is 5.92 Å². The van der Waals surface area contributed by atoms with Crippen molar-refractivity contribution in [3.8, 4) is 0 Å². The van der Waals surface area contributed by atoms with Crippen LogP contribution < -0.4 is 10.6 Å². The van der Waals surface area contributed by atoms with Crippen molar-refractivity contribution in [3.63, 3.8) is 0 Å². The van der Waals surface area contributed by atoms with E-state index in [0.717, 1.165) is 19.3 Å². The van der Waals surface area contributed by atoms with Gasteiger partial charge in [0.1, 0.15) is 0 Å². The van der Waals surface area contributed by atoms with E-state index in [1.54, 1.807) is 24.3 Å². The fourth-order valence-electron chi connectivity index (χ4n) is 2.31. The number of nitrogens with one attached hydrogen (secondary N) is 2. The number of urea groups is 1. The average molecular weight is 269 g/mol. The zero-order valence-electron chi connectivity index (χ0n) is 10.0. The molecule has 2 unspecified atom stereocenters. The lowest BCUT2D eigenvalue weighted by atomic mass is 10.1. The monoisotopic (exact) mass is 268 g/mol. The maximum atomic E-state index is 11.8. The minimum atomic E-state index is -0.234. The Labute approximate surface area is 111 Å². The maximum absolute atomic E-state index is 11.8. The highest BCUT2D eigenvalue weighted by Crippen LogP contribution is 2.25. The molecule has 1 saturated carbocycles. The Morgan fingerprint density at radius 2 is 2.06 bits per heavy atom. The minimum absolute atomic E-state index is 0.0716. The van der Waals surface area contributed by atoms with Crippen LogP contribution in [0.25, 0.3) is 0 Å². The summed E-state index contributed by atoms with van der Waals surface area (Å²) in [5.41, 5.74) is 0.704. The van der Waals surface area contributed by atoms with Gasteiger partial charge < -0.3 is 15.7 Å². The quantitative estimate of drug-likeness (QED) is 0.789. The van der Waals surface area contributed by atoms with Gasteiger partial charge in [0.05, 0.1) is 0 Å². The van der Waals surface area contributed by atoms with Crippen LogP contribution >= 0.6 is 11.6 Å². The highest BCUT2D eigenvalue weighted by molar-refractivity contribution is 6.30. The Morgan fingerprint density at radius 1 is 1.33 bits per heavy atom. The van der Waals surface area contributed by atoms with Crippen molar-refractivity contribution < 1.29 is 9.90 Å². The molecule has 2 amide bonds. The summed E-state index contributed by atoms with van der Waals surface area (Å²) in [6.45, 7) is 0.131. The van der Waals surface area contributed by atoms with Crippen LogP contribution in [0.3, 0.4) is 0 Å². The molecular formula is C13H17ClN2O2. The Hall–Kier alpha value is -1.26. The van der Waals surface area contributed by atoms with E-state index in [-0.39, 0.29) is 24.6 Å². The van der Waals surface area contributed by atoms with E-state index < -0.39 is 0 Å². The Kier molecular flexibility index (Phi) is 4.44. The molecule has 98 valence electrons. The average Bonchev–Trinajstić information content (AvgIpc) is 2.79. The largest absolute Gasteiger partial charge is 0.396 e. The minimum Gasteiger partial charge on any atom is -0.396 e. The zero-order chi connectivity index (χ0) is 13.0. The number of carbonyl (C=O) groups is 1. The second kappa shape index (κ2) is 6.07. The van der Waals surface area contributed by atoms with Gasteiger partial charge in [0, 0.05) is 29.3 Å². The van der Waals surface area contributed by atoms with Crippen LogP contribution in [-0.2, 0) is 0 Å². The molecule has 18 heavy (non-hydrogen) atoms. The van der Waals surface area contributed by atoms with Crippen LogP contribution in [0.2, 0.25) is 5.02 Å². The molecule has 2 rings (SSSR count). The van der Waals surface area contributed by atoms with E-state index in [2.05, 4.69) is 10.6 Å². The van der Waals surface area contributed by atoms with Crippen LogP contribution in [0.4, 0.5) is 10.5 Å². The predicted molar refractivity (Wildman–Crippen MR) is 71.8 cm³/mol. The highest BCUT2D eigenvalue weighted by Gasteiger charge is 2.27. The van der Waals surface area contributed by atoms with Gasteiger partial charge in [0.15, 0.2) is 0 Å². The fraction of sp³-hybridized carbons (Fsp3) is 0.462. The van der Waals surface area contributed by atoms with Crippen molar-refractivity contribution >= 4 is 23.3 Å². The molecule has 0 radical (unpaired) electrons. The van der Waals surface area contributed by atoms with Crippen LogP contribution in [-0.4, -0.2) is 23.8 Å². The van der Waals surface area contributed by atoms with Gasteiger partial charge in [0.25, 0.3) is 0 Å². The van der Waals surface area contributed by atoms with E-state index in [1.165, 1.54) is 0 Å². The number of aliphatic hydroxyl groups is 1. The molecule has 0 heterocycles. The Bertz CT molecular complexity index is 408. The van der Waals surface area contributed by atoms with Crippen LogP contribution in [0.5, 0.6) is 0 Å². The number of rotatable bonds is 3. The Balaban J connectivity index is 1.86. The lowest BCUT2D eigenvalue weighted by Crippen LogP contribution is -2.41. The highest BCUT2D eigenvalue weighted by atomic mass is 35.5. The molecular weight excluding hydrogens is 252 g/mol. The van der Waals surface area contributed by atoms with Crippen LogP contribution in [0.1, 0.15) is 19.3 Å². The first kappa shape index (κ1) is 13.2. The van der Waals surface area contributed by atoms with Gasteiger partial charge >= 0.3 is 6.03 Å². The number of carbonyl (C=O) groups excluding carboxylic acids is 1. The van der Waals surface area contributed by atoms with Gasteiger partial charge in [-0.25, -0.2) is 4.79 Å². The number of halogens is 1. The normalized spacial score (nSPS) is 22.8. The smallest absolute Gasteiger partial charge is 0.319 e. The third kappa shape index (κ3) is 3.37. The molecule has 1 aromatic rings. The van der Waals surface area contributed by atoms with E-state index >= 15 is 0 Å².